The fourth-order valence-electron chi connectivity index (χ4n) is 3.16. The van der Waals surface area contributed by atoms with Gasteiger partial charge in [0.25, 0.3) is 0 Å². The molecule has 0 N–H and O–H groups in total. The maximum atomic E-state index is 4.93. The van der Waals surface area contributed by atoms with E-state index in [0.717, 1.165) is 12.2 Å². The topological polar surface area (TPSA) is 17.8 Å². The molecule has 2 heteroatoms. The lowest BCUT2D eigenvalue weighted by molar-refractivity contribution is 0.714. The maximum Gasteiger partial charge on any atom is 0.100 e. The van der Waals surface area contributed by atoms with Crippen molar-refractivity contribution < 1.29 is 0 Å². The van der Waals surface area contributed by atoms with Crippen LogP contribution in [-0.2, 0) is 6.54 Å². The Hall–Kier alpha value is -2.87. The molecule has 0 bridgehead atoms. The summed E-state index contributed by atoms with van der Waals surface area (Å²) in [6.45, 7) is 5.02. The van der Waals surface area contributed by atoms with Gasteiger partial charge in [0.05, 0.1) is 12.1 Å². The molecule has 1 aromatic heterocycles. The molecule has 24 heavy (non-hydrogen) atoms. The van der Waals surface area contributed by atoms with E-state index in [9.17, 15) is 0 Å². The first-order chi connectivity index (χ1) is 11.7. The standard InChI is InChI=1S/C22H20N2/c1-16-10-12-19(13-11-16)22-20-8-3-4-9-21(20)24(23-22)15-18-7-5-6-17(2)14-18/h3-14H,15H2,1-2H3. The minimum Gasteiger partial charge on any atom is -0.260 e. The van der Waals surface area contributed by atoms with E-state index in [4.69, 9.17) is 5.10 Å². The van der Waals surface area contributed by atoms with E-state index in [1.54, 1.807) is 0 Å². The summed E-state index contributed by atoms with van der Waals surface area (Å²) >= 11 is 0. The van der Waals surface area contributed by atoms with Crippen LogP contribution in [0.2, 0.25) is 0 Å². The van der Waals surface area contributed by atoms with Gasteiger partial charge in [0.1, 0.15) is 5.69 Å². The van der Waals surface area contributed by atoms with Crippen molar-refractivity contribution >= 4 is 10.9 Å². The lowest BCUT2D eigenvalue weighted by Gasteiger charge is -2.05. The summed E-state index contributed by atoms with van der Waals surface area (Å²) < 4.78 is 2.11. The van der Waals surface area contributed by atoms with Crippen molar-refractivity contribution in [3.05, 3.63) is 89.5 Å². The van der Waals surface area contributed by atoms with Crippen LogP contribution in [0.5, 0.6) is 0 Å². The smallest absolute Gasteiger partial charge is 0.100 e. The highest BCUT2D eigenvalue weighted by Crippen LogP contribution is 2.28. The van der Waals surface area contributed by atoms with E-state index in [-0.39, 0.29) is 0 Å². The van der Waals surface area contributed by atoms with Crippen molar-refractivity contribution in [2.75, 3.05) is 0 Å². The van der Waals surface area contributed by atoms with Crippen molar-refractivity contribution in [1.29, 1.82) is 0 Å². The van der Waals surface area contributed by atoms with Crippen LogP contribution in [0.25, 0.3) is 22.2 Å². The second kappa shape index (κ2) is 5.97. The highest BCUT2D eigenvalue weighted by atomic mass is 15.3. The lowest BCUT2D eigenvalue weighted by atomic mass is 10.1. The molecule has 2 nitrogen and oxygen atoms in total. The molecule has 0 spiro atoms. The molecule has 0 amide bonds. The van der Waals surface area contributed by atoms with Crippen LogP contribution >= 0.6 is 0 Å². The number of benzene rings is 3. The first-order valence-corrected chi connectivity index (χ1v) is 8.29. The van der Waals surface area contributed by atoms with Gasteiger partial charge in [-0.05, 0) is 25.5 Å². The molecule has 0 unspecified atom stereocenters. The molecule has 0 aliphatic heterocycles. The van der Waals surface area contributed by atoms with Gasteiger partial charge in [-0.3, -0.25) is 4.68 Å². The number of aromatic nitrogens is 2. The third-order valence-corrected chi connectivity index (χ3v) is 4.40. The number of aryl methyl sites for hydroxylation is 2. The number of fused-ring (bicyclic) bond motifs is 1. The van der Waals surface area contributed by atoms with Gasteiger partial charge < -0.3 is 0 Å². The highest BCUT2D eigenvalue weighted by molar-refractivity contribution is 5.93. The predicted molar refractivity (Wildman–Crippen MR) is 100 cm³/mol. The van der Waals surface area contributed by atoms with Gasteiger partial charge in [0, 0.05) is 10.9 Å². The fourth-order valence-corrected chi connectivity index (χ4v) is 3.16. The van der Waals surface area contributed by atoms with E-state index in [1.165, 1.54) is 33.2 Å². The Morgan fingerprint density at radius 2 is 1.58 bits per heavy atom. The molecule has 4 aromatic rings. The van der Waals surface area contributed by atoms with Crippen LogP contribution in [0.1, 0.15) is 16.7 Å². The van der Waals surface area contributed by atoms with Gasteiger partial charge >= 0.3 is 0 Å². The van der Waals surface area contributed by atoms with Gasteiger partial charge in [0.15, 0.2) is 0 Å². The van der Waals surface area contributed by atoms with Crippen molar-refractivity contribution in [1.82, 2.24) is 9.78 Å². The largest absolute Gasteiger partial charge is 0.260 e. The predicted octanol–water partition coefficient (Wildman–Crippen LogP) is 5.37. The van der Waals surface area contributed by atoms with E-state index in [2.05, 4.69) is 91.3 Å². The summed E-state index contributed by atoms with van der Waals surface area (Å²) in [7, 11) is 0. The number of para-hydroxylation sites is 1. The van der Waals surface area contributed by atoms with Crippen LogP contribution in [-0.4, -0.2) is 9.78 Å². The minimum atomic E-state index is 0.786. The SMILES string of the molecule is Cc1ccc(-c2nn(Cc3cccc(C)c3)c3ccccc23)cc1. The highest BCUT2D eigenvalue weighted by Gasteiger charge is 2.12. The Morgan fingerprint density at radius 1 is 0.792 bits per heavy atom. The summed E-state index contributed by atoms with van der Waals surface area (Å²) in [6.07, 6.45) is 0. The number of rotatable bonds is 3. The first-order valence-electron chi connectivity index (χ1n) is 8.29. The first kappa shape index (κ1) is 14.7. The zero-order valence-corrected chi connectivity index (χ0v) is 14.0. The van der Waals surface area contributed by atoms with Crippen molar-refractivity contribution in [3.8, 4) is 11.3 Å². The molecule has 1 heterocycles. The number of hydrogen-bond acceptors (Lipinski definition) is 1. The van der Waals surface area contributed by atoms with Gasteiger partial charge in [-0.1, -0.05) is 77.9 Å². The zero-order chi connectivity index (χ0) is 16.5. The average molecular weight is 312 g/mol. The van der Waals surface area contributed by atoms with Gasteiger partial charge in [0.2, 0.25) is 0 Å². The summed E-state index contributed by atoms with van der Waals surface area (Å²) in [4.78, 5) is 0. The molecule has 0 radical (unpaired) electrons. The summed E-state index contributed by atoms with van der Waals surface area (Å²) in [6, 6.07) is 25.7. The van der Waals surface area contributed by atoms with Gasteiger partial charge in [-0.25, -0.2) is 0 Å². The minimum absolute atomic E-state index is 0.786. The lowest BCUT2D eigenvalue weighted by Crippen LogP contribution is -2.01. The van der Waals surface area contributed by atoms with Crippen LogP contribution < -0.4 is 0 Å². The monoisotopic (exact) mass is 312 g/mol. The molecule has 0 atom stereocenters. The second-order valence-corrected chi connectivity index (χ2v) is 6.38. The van der Waals surface area contributed by atoms with Crippen LogP contribution in [0.3, 0.4) is 0 Å². The van der Waals surface area contributed by atoms with E-state index in [0.29, 0.717) is 0 Å². The third-order valence-electron chi connectivity index (χ3n) is 4.40. The molecular formula is C22H20N2. The molecule has 0 aliphatic rings. The Labute approximate surface area is 142 Å². The van der Waals surface area contributed by atoms with Crippen LogP contribution in [0, 0.1) is 13.8 Å². The average Bonchev–Trinajstić information content (AvgIpc) is 2.95. The molecule has 3 aromatic carbocycles. The molecule has 0 fully saturated rings. The molecule has 0 saturated heterocycles. The molecule has 0 saturated carbocycles. The Balaban J connectivity index is 1.83. The summed E-state index contributed by atoms with van der Waals surface area (Å²) in [5, 5.41) is 6.13. The van der Waals surface area contributed by atoms with E-state index in [1.807, 2.05) is 0 Å². The fraction of sp³-hybridized carbons (Fsp3) is 0.136. The third kappa shape index (κ3) is 2.71. The number of nitrogens with zero attached hydrogens (tertiary/aromatic N) is 2. The zero-order valence-electron chi connectivity index (χ0n) is 14.0. The van der Waals surface area contributed by atoms with Crippen LogP contribution in [0.4, 0.5) is 0 Å². The van der Waals surface area contributed by atoms with E-state index >= 15 is 0 Å². The second-order valence-electron chi connectivity index (χ2n) is 6.38. The number of hydrogen-bond donors (Lipinski definition) is 0. The maximum absolute atomic E-state index is 4.93. The molecule has 4 rings (SSSR count). The Morgan fingerprint density at radius 3 is 2.38 bits per heavy atom. The van der Waals surface area contributed by atoms with Crippen molar-refractivity contribution in [2.45, 2.75) is 20.4 Å². The molecule has 118 valence electrons. The van der Waals surface area contributed by atoms with Crippen LogP contribution in [0.15, 0.2) is 72.8 Å². The summed E-state index contributed by atoms with van der Waals surface area (Å²) in [5.41, 5.74) is 7.22. The Kier molecular flexibility index (Phi) is 3.66. The van der Waals surface area contributed by atoms with Crippen molar-refractivity contribution in [2.24, 2.45) is 0 Å². The Bertz CT molecular complexity index is 994. The van der Waals surface area contributed by atoms with E-state index < -0.39 is 0 Å². The molecule has 0 aliphatic carbocycles. The van der Waals surface area contributed by atoms with Gasteiger partial charge in [-0.15, -0.1) is 0 Å². The summed E-state index contributed by atoms with van der Waals surface area (Å²) in [5.74, 6) is 0. The quantitative estimate of drug-likeness (QED) is 0.497. The molecular weight excluding hydrogens is 292 g/mol. The van der Waals surface area contributed by atoms with Crippen molar-refractivity contribution in [3.63, 3.8) is 0 Å². The van der Waals surface area contributed by atoms with Gasteiger partial charge in [-0.2, -0.15) is 5.10 Å². The normalized spacial score (nSPS) is 11.1.